The summed E-state index contributed by atoms with van der Waals surface area (Å²) in [4.78, 5) is 13.9. The normalized spacial score (nSPS) is 14.3. The largest absolute Gasteiger partial charge is 0.493 e. The molecule has 118 valence electrons. The van der Waals surface area contributed by atoms with Gasteiger partial charge in [0.2, 0.25) is 0 Å². The summed E-state index contributed by atoms with van der Waals surface area (Å²) in [6.45, 7) is 2.18. The van der Waals surface area contributed by atoms with E-state index in [0.717, 1.165) is 31.5 Å². The Morgan fingerprint density at radius 3 is 2.57 bits per heavy atom. The lowest BCUT2D eigenvalue weighted by atomic mass is 10.1. The number of hydrogen-bond acceptors (Lipinski definition) is 4. The van der Waals surface area contributed by atoms with Crippen LogP contribution in [-0.2, 0) is 11.3 Å². The number of carbonyl (C=O) groups is 1. The lowest BCUT2D eigenvalue weighted by Gasteiger charge is -2.26. The van der Waals surface area contributed by atoms with E-state index in [1.54, 1.807) is 13.2 Å². The second kappa shape index (κ2) is 8.74. The lowest BCUT2D eigenvalue weighted by molar-refractivity contribution is -0.134. The van der Waals surface area contributed by atoms with E-state index in [1.807, 2.05) is 17.0 Å². The van der Waals surface area contributed by atoms with Crippen molar-refractivity contribution in [2.45, 2.75) is 25.8 Å². The number of rotatable bonds is 5. The van der Waals surface area contributed by atoms with Crippen molar-refractivity contribution in [3.05, 3.63) is 23.8 Å². The van der Waals surface area contributed by atoms with E-state index in [-0.39, 0.29) is 24.9 Å². The molecule has 1 aromatic rings. The van der Waals surface area contributed by atoms with Crippen LogP contribution in [0.1, 0.15) is 24.8 Å². The van der Waals surface area contributed by atoms with Gasteiger partial charge in [-0.1, -0.05) is 6.07 Å². The van der Waals surface area contributed by atoms with Crippen LogP contribution in [0.2, 0.25) is 0 Å². The van der Waals surface area contributed by atoms with Crippen LogP contribution in [0.25, 0.3) is 0 Å². The maximum absolute atomic E-state index is 12.0. The topological polar surface area (TPSA) is 64.8 Å². The van der Waals surface area contributed by atoms with Gasteiger partial charge in [0, 0.05) is 19.6 Å². The molecule has 1 aliphatic heterocycles. The maximum Gasteiger partial charge on any atom is 0.260 e. The van der Waals surface area contributed by atoms with E-state index < -0.39 is 0 Å². The molecule has 5 nitrogen and oxygen atoms in total. The Bertz CT molecular complexity index is 462. The number of methoxy groups -OCH3 is 1. The first-order valence-corrected chi connectivity index (χ1v) is 7.02. The fraction of sp³-hybridized carbons (Fsp3) is 0.533. The molecule has 6 heteroatoms. The number of carbonyl (C=O) groups excluding carboxylic acids is 1. The van der Waals surface area contributed by atoms with Crippen molar-refractivity contribution in [1.82, 2.24) is 4.90 Å². The first-order chi connectivity index (χ1) is 9.74. The Morgan fingerprint density at radius 2 is 1.95 bits per heavy atom. The van der Waals surface area contributed by atoms with Crippen molar-refractivity contribution in [3.8, 4) is 11.5 Å². The minimum Gasteiger partial charge on any atom is -0.493 e. The van der Waals surface area contributed by atoms with Crippen LogP contribution in [0.15, 0.2) is 18.2 Å². The average Bonchev–Trinajstić information content (AvgIpc) is 2.53. The van der Waals surface area contributed by atoms with Crippen LogP contribution in [0.4, 0.5) is 0 Å². The van der Waals surface area contributed by atoms with Gasteiger partial charge in [-0.2, -0.15) is 0 Å². The molecule has 1 aliphatic rings. The van der Waals surface area contributed by atoms with Crippen molar-refractivity contribution in [2.75, 3.05) is 26.8 Å². The third-order valence-electron chi connectivity index (χ3n) is 3.52. The summed E-state index contributed by atoms with van der Waals surface area (Å²) >= 11 is 0. The summed E-state index contributed by atoms with van der Waals surface area (Å²) in [7, 11) is 1.58. The number of nitrogens with two attached hydrogens (primary N) is 1. The molecule has 21 heavy (non-hydrogen) atoms. The van der Waals surface area contributed by atoms with Gasteiger partial charge < -0.3 is 20.1 Å². The van der Waals surface area contributed by atoms with E-state index in [0.29, 0.717) is 18.0 Å². The van der Waals surface area contributed by atoms with E-state index in [2.05, 4.69) is 0 Å². The van der Waals surface area contributed by atoms with Crippen LogP contribution in [0, 0.1) is 0 Å². The van der Waals surface area contributed by atoms with E-state index in [4.69, 9.17) is 15.2 Å². The predicted octanol–water partition coefficient (Wildman–Crippen LogP) is 1.97. The van der Waals surface area contributed by atoms with Crippen molar-refractivity contribution >= 4 is 18.3 Å². The molecular formula is C15H23ClN2O3. The third-order valence-corrected chi connectivity index (χ3v) is 3.52. The van der Waals surface area contributed by atoms with E-state index in [9.17, 15) is 4.79 Å². The Kier molecular flexibility index (Phi) is 7.32. The van der Waals surface area contributed by atoms with E-state index >= 15 is 0 Å². The second-order valence-corrected chi connectivity index (χ2v) is 4.92. The highest BCUT2D eigenvalue weighted by molar-refractivity contribution is 5.85. The zero-order valence-corrected chi connectivity index (χ0v) is 13.2. The van der Waals surface area contributed by atoms with E-state index in [1.165, 1.54) is 6.42 Å². The van der Waals surface area contributed by atoms with Gasteiger partial charge in [-0.3, -0.25) is 4.79 Å². The van der Waals surface area contributed by atoms with Crippen molar-refractivity contribution < 1.29 is 14.3 Å². The Morgan fingerprint density at radius 1 is 1.24 bits per heavy atom. The van der Waals surface area contributed by atoms with Crippen molar-refractivity contribution in [2.24, 2.45) is 5.73 Å². The highest BCUT2D eigenvalue weighted by Crippen LogP contribution is 2.28. The first-order valence-electron chi connectivity index (χ1n) is 7.02. The van der Waals surface area contributed by atoms with Gasteiger partial charge in [0.15, 0.2) is 18.1 Å². The summed E-state index contributed by atoms with van der Waals surface area (Å²) < 4.78 is 10.8. The SMILES string of the molecule is COc1cc(CN)ccc1OCC(=O)N1CCCCC1.Cl. The Labute approximate surface area is 131 Å². The molecule has 2 N–H and O–H groups in total. The number of ether oxygens (including phenoxy) is 2. The monoisotopic (exact) mass is 314 g/mol. The molecule has 0 unspecified atom stereocenters. The van der Waals surface area contributed by atoms with Crippen LogP contribution in [0.3, 0.4) is 0 Å². The maximum atomic E-state index is 12.0. The van der Waals surface area contributed by atoms with Gasteiger partial charge in [0.05, 0.1) is 7.11 Å². The molecule has 0 bridgehead atoms. The number of halogens is 1. The molecule has 2 rings (SSSR count). The molecule has 0 spiro atoms. The number of nitrogens with zero attached hydrogens (tertiary/aromatic N) is 1. The minimum absolute atomic E-state index is 0. The summed E-state index contributed by atoms with van der Waals surface area (Å²) in [6.07, 6.45) is 3.37. The molecule has 0 atom stereocenters. The zero-order chi connectivity index (χ0) is 14.4. The number of amides is 1. The summed E-state index contributed by atoms with van der Waals surface area (Å²) in [5, 5.41) is 0. The van der Waals surface area contributed by atoms with Crippen LogP contribution in [-0.4, -0.2) is 37.6 Å². The minimum atomic E-state index is 0. The molecule has 1 saturated heterocycles. The van der Waals surface area contributed by atoms with Crippen LogP contribution < -0.4 is 15.2 Å². The number of hydrogen-bond donors (Lipinski definition) is 1. The second-order valence-electron chi connectivity index (χ2n) is 4.92. The predicted molar refractivity (Wildman–Crippen MR) is 84.1 cm³/mol. The molecule has 0 aliphatic carbocycles. The molecule has 0 saturated carbocycles. The molecule has 1 heterocycles. The smallest absolute Gasteiger partial charge is 0.260 e. The highest BCUT2D eigenvalue weighted by Gasteiger charge is 2.17. The highest BCUT2D eigenvalue weighted by atomic mass is 35.5. The van der Waals surface area contributed by atoms with Gasteiger partial charge in [-0.15, -0.1) is 12.4 Å². The number of likely N-dealkylation sites (tertiary alicyclic amines) is 1. The summed E-state index contributed by atoms with van der Waals surface area (Å²) in [5.41, 5.74) is 6.56. The van der Waals surface area contributed by atoms with Gasteiger partial charge in [0.1, 0.15) is 0 Å². The zero-order valence-electron chi connectivity index (χ0n) is 12.3. The number of piperidine rings is 1. The summed E-state index contributed by atoms with van der Waals surface area (Å²) in [6, 6.07) is 5.51. The fourth-order valence-corrected chi connectivity index (χ4v) is 2.33. The molecular weight excluding hydrogens is 292 g/mol. The lowest BCUT2D eigenvalue weighted by Crippen LogP contribution is -2.38. The third kappa shape index (κ3) is 4.79. The summed E-state index contributed by atoms with van der Waals surface area (Å²) in [5.74, 6) is 1.23. The Balaban J connectivity index is 0.00000220. The fourth-order valence-electron chi connectivity index (χ4n) is 2.33. The standard InChI is InChI=1S/C15H22N2O3.ClH/c1-19-14-9-12(10-16)5-6-13(14)20-11-15(18)17-7-3-2-4-8-17;/h5-6,9H,2-4,7-8,10-11,16H2,1H3;1H. The molecule has 1 amide bonds. The van der Waals surface area contributed by atoms with Gasteiger partial charge in [-0.05, 0) is 37.0 Å². The molecule has 1 fully saturated rings. The van der Waals surface area contributed by atoms with Crippen molar-refractivity contribution in [1.29, 1.82) is 0 Å². The molecule has 0 aromatic heterocycles. The first kappa shape index (κ1) is 17.6. The average molecular weight is 315 g/mol. The van der Waals surface area contributed by atoms with Crippen LogP contribution >= 0.6 is 12.4 Å². The van der Waals surface area contributed by atoms with Gasteiger partial charge >= 0.3 is 0 Å². The van der Waals surface area contributed by atoms with Crippen molar-refractivity contribution in [3.63, 3.8) is 0 Å². The molecule has 0 radical (unpaired) electrons. The quantitative estimate of drug-likeness (QED) is 0.902. The molecule has 1 aromatic carbocycles. The Hall–Kier alpha value is -1.46. The van der Waals surface area contributed by atoms with Gasteiger partial charge in [-0.25, -0.2) is 0 Å². The van der Waals surface area contributed by atoms with Crippen LogP contribution in [0.5, 0.6) is 11.5 Å². The number of benzene rings is 1. The van der Waals surface area contributed by atoms with Gasteiger partial charge in [0.25, 0.3) is 5.91 Å².